The second-order valence-corrected chi connectivity index (χ2v) is 7.87. The van der Waals surface area contributed by atoms with Crippen molar-refractivity contribution in [2.75, 3.05) is 39.0 Å². The van der Waals surface area contributed by atoms with Crippen LogP contribution in [-0.2, 0) is 9.84 Å². The molecule has 0 bridgehead atoms. The van der Waals surface area contributed by atoms with Crippen LogP contribution in [0.3, 0.4) is 0 Å². The predicted octanol–water partition coefficient (Wildman–Crippen LogP) is 0.495. The molecule has 2 fully saturated rings. The van der Waals surface area contributed by atoms with Crippen molar-refractivity contribution < 1.29 is 8.42 Å². The molecule has 100 valence electrons. The van der Waals surface area contributed by atoms with Crippen LogP contribution in [0.2, 0.25) is 0 Å². The zero-order valence-electron chi connectivity index (χ0n) is 10.7. The van der Waals surface area contributed by atoms with E-state index in [0.29, 0.717) is 0 Å². The quantitative estimate of drug-likeness (QED) is 0.802. The first-order valence-electron chi connectivity index (χ1n) is 6.67. The Kier molecular flexibility index (Phi) is 4.44. The first-order chi connectivity index (χ1) is 8.05. The number of hydrogen-bond donors (Lipinski definition) is 1. The molecule has 0 radical (unpaired) electrons. The molecule has 2 heterocycles. The third kappa shape index (κ3) is 3.93. The summed E-state index contributed by atoms with van der Waals surface area (Å²) < 4.78 is 23.2. The lowest BCUT2D eigenvalue weighted by molar-refractivity contribution is 0.179. The van der Waals surface area contributed by atoms with E-state index in [1.165, 1.54) is 19.1 Å². The normalized spacial score (nSPS) is 29.4. The smallest absolute Gasteiger partial charge is 0.151 e. The van der Waals surface area contributed by atoms with E-state index < -0.39 is 9.84 Å². The van der Waals surface area contributed by atoms with E-state index in [-0.39, 0.29) is 5.25 Å². The molecule has 0 spiro atoms. The molecule has 1 N–H and O–H groups in total. The van der Waals surface area contributed by atoms with Gasteiger partial charge in [-0.05, 0) is 51.2 Å². The maximum Gasteiger partial charge on any atom is 0.151 e. The Labute approximate surface area is 105 Å². The van der Waals surface area contributed by atoms with E-state index in [1.807, 2.05) is 0 Å². The van der Waals surface area contributed by atoms with Crippen molar-refractivity contribution in [3.05, 3.63) is 0 Å². The number of nitrogens with one attached hydrogen (secondary N) is 1. The van der Waals surface area contributed by atoms with E-state index in [1.54, 1.807) is 0 Å². The number of likely N-dealkylation sites (tertiary alicyclic amines) is 1. The Morgan fingerprint density at radius 3 is 2.59 bits per heavy atom. The van der Waals surface area contributed by atoms with Gasteiger partial charge in [0, 0.05) is 19.3 Å². The van der Waals surface area contributed by atoms with E-state index in [4.69, 9.17) is 0 Å². The number of sulfone groups is 1. The van der Waals surface area contributed by atoms with E-state index in [2.05, 4.69) is 10.2 Å². The van der Waals surface area contributed by atoms with Crippen LogP contribution in [-0.4, -0.2) is 57.5 Å². The van der Waals surface area contributed by atoms with Crippen molar-refractivity contribution in [3.63, 3.8) is 0 Å². The lowest BCUT2D eigenvalue weighted by Gasteiger charge is -2.35. The van der Waals surface area contributed by atoms with Gasteiger partial charge in [0.15, 0.2) is 9.84 Å². The zero-order valence-corrected chi connectivity index (χ0v) is 11.5. The zero-order chi connectivity index (χ0) is 12.3. The lowest BCUT2D eigenvalue weighted by Crippen LogP contribution is -2.45. The van der Waals surface area contributed by atoms with Gasteiger partial charge in [-0.3, -0.25) is 0 Å². The van der Waals surface area contributed by atoms with Crippen molar-refractivity contribution in [3.8, 4) is 0 Å². The standard InChI is InChI=1S/C12H24N2O2S/c1-17(15,16)12-3-2-8-14(10-12)9-11-4-6-13-7-5-11/h11-13H,2-10H2,1H3. The van der Waals surface area contributed by atoms with Crippen molar-refractivity contribution in [2.24, 2.45) is 5.92 Å². The maximum atomic E-state index is 11.6. The van der Waals surface area contributed by atoms with Crippen molar-refractivity contribution in [2.45, 2.75) is 30.9 Å². The first kappa shape index (κ1) is 13.3. The SMILES string of the molecule is CS(=O)(=O)C1CCCN(CC2CCNCC2)C1. The Morgan fingerprint density at radius 1 is 1.24 bits per heavy atom. The summed E-state index contributed by atoms with van der Waals surface area (Å²) in [4.78, 5) is 2.37. The fraction of sp³-hybridized carbons (Fsp3) is 1.00. The van der Waals surface area contributed by atoms with Crippen molar-refractivity contribution in [1.82, 2.24) is 10.2 Å². The molecule has 1 unspecified atom stereocenters. The largest absolute Gasteiger partial charge is 0.317 e. The molecule has 2 aliphatic rings. The predicted molar refractivity (Wildman–Crippen MR) is 69.9 cm³/mol. The maximum absolute atomic E-state index is 11.6. The Bertz CT molecular complexity index is 336. The highest BCUT2D eigenvalue weighted by Crippen LogP contribution is 2.20. The molecule has 0 saturated carbocycles. The summed E-state index contributed by atoms with van der Waals surface area (Å²) in [6.07, 6.45) is 5.73. The lowest BCUT2D eigenvalue weighted by atomic mass is 9.96. The first-order valence-corrected chi connectivity index (χ1v) is 8.63. The van der Waals surface area contributed by atoms with Crippen LogP contribution in [0, 0.1) is 5.92 Å². The summed E-state index contributed by atoms with van der Waals surface area (Å²) in [5.41, 5.74) is 0. The summed E-state index contributed by atoms with van der Waals surface area (Å²) in [7, 11) is -2.85. The van der Waals surface area contributed by atoms with Crippen LogP contribution in [0.1, 0.15) is 25.7 Å². The fourth-order valence-electron chi connectivity index (χ4n) is 2.96. The van der Waals surface area contributed by atoms with Crippen molar-refractivity contribution >= 4 is 9.84 Å². The van der Waals surface area contributed by atoms with E-state index in [0.717, 1.165) is 51.5 Å². The minimum Gasteiger partial charge on any atom is -0.317 e. The highest BCUT2D eigenvalue weighted by Gasteiger charge is 2.28. The van der Waals surface area contributed by atoms with Crippen LogP contribution in [0.15, 0.2) is 0 Å². The van der Waals surface area contributed by atoms with Crippen LogP contribution in [0.4, 0.5) is 0 Å². The van der Waals surface area contributed by atoms with Gasteiger partial charge in [-0.25, -0.2) is 8.42 Å². The van der Waals surface area contributed by atoms with E-state index in [9.17, 15) is 8.42 Å². The van der Waals surface area contributed by atoms with Gasteiger partial charge in [-0.15, -0.1) is 0 Å². The summed E-state index contributed by atoms with van der Waals surface area (Å²) in [5, 5.41) is 3.24. The molecule has 5 heteroatoms. The Morgan fingerprint density at radius 2 is 1.94 bits per heavy atom. The third-order valence-electron chi connectivity index (χ3n) is 4.04. The molecule has 0 aromatic rings. The average molecular weight is 260 g/mol. The molecule has 2 aliphatic heterocycles. The summed E-state index contributed by atoms with van der Waals surface area (Å²) in [6, 6.07) is 0. The topological polar surface area (TPSA) is 49.4 Å². The minimum absolute atomic E-state index is 0.127. The van der Waals surface area contributed by atoms with Crippen LogP contribution >= 0.6 is 0 Å². The number of rotatable bonds is 3. The second kappa shape index (κ2) is 5.67. The van der Waals surface area contributed by atoms with Gasteiger partial charge in [0.2, 0.25) is 0 Å². The van der Waals surface area contributed by atoms with Crippen LogP contribution in [0.25, 0.3) is 0 Å². The molecule has 0 aromatic heterocycles. The van der Waals surface area contributed by atoms with Gasteiger partial charge in [0.1, 0.15) is 0 Å². The minimum atomic E-state index is -2.85. The van der Waals surface area contributed by atoms with E-state index >= 15 is 0 Å². The molecular formula is C12H24N2O2S. The third-order valence-corrected chi connectivity index (χ3v) is 5.64. The Hall–Kier alpha value is -0.130. The molecule has 17 heavy (non-hydrogen) atoms. The monoisotopic (exact) mass is 260 g/mol. The molecule has 0 aromatic carbocycles. The number of piperidine rings is 2. The molecule has 0 amide bonds. The Balaban J connectivity index is 1.84. The molecule has 2 saturated heterocycles. The average Bonchev–Trinajstić information content (AvgIpc) is 2.29. The molecule has 1 atom stereocenters. The van der Waals surface area contributed by atoms with Crippen LogP contribution < -0.4 is 5.32 Å². The van der Waals surface area contributed by atoms with Gasteiger partial charge in [0.05, 0.1) is 5.25 Å². The molecular weight excluding hydrogens is 236 g/mol. The van der Waals surface area contributed by atoms with Crippen LogP contribution in [0.5, 0.6) is 0 Å². The highest BCUT2D eigenvalue weighted by molar-refractivity contribution is 7.91. The van der Waals surface area contributed by atoms with Gasteiger partial charge < -0.3 is 10.2 Å². The van der Waals surface area contributed by atoms with Gasteiger partial charge in [-0.2, -0.15) is 0 Å². The second-order valence-electron chi connectivity index (χ2n) is 5.55. The summed E-state index contributed by atoms with van der Waals surface area (Å²) in [5.74, 6) is 0.759. The fourth-order valence-corrected chi connectivity index (χ4v) is 4.03. The molecule has 0 aliphatic carbocycles. The number of nitrogens with zero attached hydrogens (tertiary/aromatic N) is 1. The van der Waals surface area contributed by atoms with Crippen molar-refractivity contribution in [1.29, 1.82) is 0 Å². The van der Waals surface area contributed by atoms with Gasteiger partial charge in [-0.1, -0.05) is 0 Å². The summed E-state index contributed by atoms with van der Waals surface area (Å²) >= 11 is 0. The summed E-state index contributed by atoms with van der Waals surface area (Å²) in [6.45, 7) is 5.16. The van der Waals surface area contributed by atoms with Gasteiger partial charge in [0.25, 0.3) is 0 Å². The number of hydrogen-bond acceptors (Lipinski definition) is 4. The molecule has 2 rings (SSSR count). The molecule has 4 nitrogen and oxygen atoms in total. The van der Waals surface area contributed by atoms with Gasteiger partial charge >= 0.3 is 0 Å². The highest BCUT2D eigenvalue weighted by atomic mass is 32.2.